The van der Waals surface area contributed by atoms with Gasteiger partial charge in [0.25, 0.3) is 0 Å². The van der Waals surface area contributed by atoms with Crippen LogP contribution < -0.4 is 11.1 Å². The number of hydrogen-bond donors (Lipinski definition) is 2. The number of carbonyl (C=O) groups is 5. The summed E-state index contributed by atoms with van der Waals surface area (Å²) in [6.07, 6.45) is -2.61. The van der Waals surface area contributed by atoms with Crippen molar-refractivity contribution in [3.63, 3.8) is 0 Å². The van der Waals surface area contributed by atoms with Gasteiger partial charge in [-0.05, 0) is 53.1 Å². The van der Waals surface area contributed by atoms with Crippen molar-refractivity contribution in [3.05, 3.63) is 35.9 Å². The van der Waals surface area contributed by atoms with E-state index < -0.39 is 74.4 Å². The maximum absolute atomic E-state index is 13.4. The molecule has 0 unspecified atom stereocenters. The Balaban J connectivity index is 3.39. The molecule has 0 bridgehead atoms. The number of hydrogen-bond acceptors (Lipinski definition) is 9. The van der Waals surface area contributed by atoms with Crippen LogP contribution in [0, 0.1) is 0 Å². The van der Waals surface area contributed by atoms with Crippen LogP contribution in [-0.2, 0) is 39.9 Å². The number of nitrogens with two attached hydrogens (primary N) is 1. The first-order valence-electron chi connectivity index (χ1n) is 13.8. The number of carbonyl (C=O) groups excluding carboxylic acids is 5. The molecular formula is C29H47N3O9Si. The molecule has 12 nitrogen and oxygen atoms in total. The number of amides is 3. The van der Waals surface area contributed by atoms with Gasteiger partial charge in [-0.25, -0.2) is 19.2 Å². The molecular weight excluding hydrogens is 562 g/mol. The molecule has 236 valence electrons. The van der Waals surface area contributed by atoms with Crippen LogP contribution in [0.4, 0.5) is 9.59 Å². The van der Waals surface area contributed by atoms with Crippen molar-refractivity contribution < 1.29 is 42.9 Å². The van der Waals surface area contributed by atoms with Crippen LogP contribution in [0.25, 0.3) is 0 Å². The molecule has 0 aliphatic rings. The molecule has 0 heterocycles. The van der Waals surface area contributed by atoms with Gasteiger partial charge in [-0.3, -0.25) is 9.69 Å². The van der Waals surface area contributed by atoms with Crippen molar-refractivity contribution in [2.75, 3.05) is 13.2 Å². The maximum Gasteiger partial charge on any atom is 0.411 e. The zero-order valence-electron chi connectivity index (χ0n) is 26.3. The Morgan fingerprint density at radius 3 is 1.95 bits per heavy atom. The Bertz CT molecular complexity index is 1080. The third kappa shape index (κ3) is 15.4. The first-order valence-corrected chi connectivity index (χ1v) is 17.5. The SMILES string of the molecule is CC(C)(C)OC(=O)[C@H](CC(N)=O)N(C[C@@H](NC(=O)OCc1ccccc1)C(=O)OCC[Si](C)(C)C)C(=O)OC(C)(C)C. The highest BCUT2D eigenvalue weighted by molar-refractivity contribution is 6.76. The molecule has 42 heavy (non-hydrogen) atoms. The molecule has 0 saturated heterocycles. The molecule has 1 aromatic rings. The smallest absolute Gasteiger partial charge is 0.411 e. The van der Waals surface area contributed by atoms with Crippen LogP contribution in [0.1, 0.15) is 53.5 Å². The van der Waals surface area contributed by atoms with E-state index in [1.54, 1.807) is 65.8 Å². The topological polar surface area (TPSA) is 164 Å². The fraction of sp³-hybridized carbons (Fsp3) is 0.621. The highest BCUT2D eigenvalue weighted by Gasteiger charge is 2.40. The van der Waals surface area contributed by atoms with E-state index in [1.807, 2.05) is 6.07 Å². The summed E-state index contributed by atoms with van der Waals surface area (Å²) < 4.78 is 21.7. The minimum Gasteiger partial charge on any atom is -0.464 e. The van der Waals surface area contributed by atoms with Crippen LogP contribution in [-0.4, -0.2) is 79.4 Å². The van der Waals surface area contributed by atoms with E-state index in [0.717, 1.165) is 4.90 Å². The van der Waals surface area contributed by atoms with Crippen LogP contribution >= 0.6 is 0 Å². The van der Waals surface area contributed by atoms with Crippen LogP contribution in [0.15, 0.2) is 30.3 Å². The van der Waals surface area contributed by atoms with Crippen LogP contribution in [0.5, 0.6) is 0 Å². The summed E-state index contributed by atoms with van der Waals surface area (Å²) in [6.45, 7) is 15.4. The Morgan fingerprint density at radius 1 is 0.881 bits per heavy atom. The summed E-state index contributed by atoms with van der Waals surface area (Å²) in [7, 11) is -1.58. The van der Waals surface area contributed by atoms with Gasteiger partial charge < -0.3 is 30.0 Å². The lowest BCUT2D eigenvalue weighted by Gasteiger charge is -2.35. The Labute approximate surface area is 249 Å². The normalized spacial score (nSPS) is 13.3. The molecule has 0 aliphatic heterocycles. The number of primary amides is 1. The molecule has 3 amide bonds. The fourth-order valence-corrected chi connectivity index (χ4v) is 4.09. The van der Waals surface area contributed by atoms with Gasteiger partial charge in [0.15, 0.2) is 0 Å². The van der Waals surface area contributed by atoms with Gasteiger partial charge in [0.05, 0.1) is 19.6 Å². The quantitative estimate of drug-likeness (QED) is 0.191. The second kappa shape index (κ2) is 15.6. The highest BCUT2D eigenvalue weighted by atomic mass is 28.3. The molecule has 1 rings (SSSR count). The minimum absolute atomic E-state index is 0.0813. The average Bonchev–Trinajstić information content (AvgIpc) is 2.81. The van der Waals surface area contributed by atoms with Gasteiger partial charge in [-0.2, -0.15) is 0 Å². The van der Waals surface area contributed by atoms with E-state index >= 15 is 0 Å². The van der Waals surface area contributed by atoms with Gasteiger partial charge in [0.1, 0.15) is 29.9 Å². The molecule has 0 radical (unpaired) electrons. The molecule has 3 N–H and O–H groups in total. The molecule has 13 heteroatoms. The van der Waals surface area contributed by atoms with Crippen molar-refractivity contribution in [2.24, 2.45) is 5.73 Å². The number of ether oxygens (including phenoxy) is 4. The number of alkyl carbamates (subject to hydrolysis) is 1. The zero-order chi connectivity index (χ0) is 32.3. The van der Waals surface area contributed by atoms with Crippen molar-refractivity contribution in [3.8, 4) is 0 Å². The summed E-state index contributed by atoms with van der Waals surface area (Å²) in [6, 6.07) is 6.50. The summed E-state index contributed by atoms with van der Waals surface area (Å²) in [5.41, 5.74) is 4.17. The predicted molar refractivity (Wildman–Crippen MR) is 159 cm³/mol. The lowest BCUT2D eigenvalue weighted by atomic mass is 10.1. The number of rotatable bonds is 13. The minimum atomic E-state index is -1.58. The highest BCUT2D eigenvalue weighted by Crippen LogP contribution is 2.19. The van der Waals surface area contributed by atoms with E-state index in [-0.39, 0.29) is 13.2 Å². The zero-order valence-corrected chi connectivity index (χ0v) is 27.3. The van der Waals surface area contributed by atoms with E-state index in [9.17, 15) is 24.0 Å². The molecule has 2 atom stereocenters. The van der Waals surface area contributed by atoms with E-state index in [0.29, 0.717) is 11.6 Å². The Morgan fingerprint density at radius 2 is 1.45 bits per heavy atom. The maximum atomic E-state index is 13.4. The first kappa shape index (κ1) is 36.4. The second-order valence-electron chi connectivity index (χ2n) is 13.1. The van der Waals surface area contributed by atoms with Gasteiger partial charge in [0, 0.05) is 8.07 Å². The number of nitrogens with one attached hydrogen (secondary N) is 1. The van der Waals surface area contributed by atoms with Gasteiger partial charge in [-0.15, -0.1) is 0 Å². The predicted octanol–water partition coefficient (Wildman–Crippen LogP) is 3.99. The number of esters is 2. The van der Waals surface area contributed by atoms with Gasteiger partial charge in [-0.1, -0.05) is 50.0 Å². The lowest BCUT2D eigenvalue weighted by molar-refractivity contribution is -0.163. The molecule has 0 saturated carbocycles. The summed E-state index contributed by atoms with van der Waals surface area (Å²) in [5, 5.41) is 2.44. The molecule has 0 aromatic heterocycles. The van der Waals surface area contributed by atoms with Crippen molar-refractivity contribution >= 4 is 38.1 Å². The first-order chi connectivity index (χ1) is 19.2. The van der Waals surface area contributed by atoms with Crippen LogP contribution in [0.3, 0.4) is 0 Å². The Kier molecular flexibility index (Phi) is 13.5. The van der Waals surface area contributed by atoms with Crippen LogP contribution in [0.2, 0.25) is 25.7 Å². The average molecular weight is 610 g/mol. The van der Waals surface area contributed by atoms with Gasteiger partial charge in [0.2, 0.25) is 5.91 Å². The van der Waals surface area contributed by atoms with Crippen molar-refractivity contribution in [1.82, 2.24) is 10.2 Å². The number of benzene rings is 1. The standard InChI is InChI=1S/C29H47N3O9Si/c1-28(2,3)40-25(35)22(17-23(30)33)32(27(37)41-29(4,5)6)18-21(24(34)38-15-16-42(7,8)9)31-26(36)39-19-20-13-11-10-12-14-20/h10-14,21-22H,15-19H2,1-9H3,(H2,30,33)(H,31,36)/t21-,22+/m1/s1. The summed E-state index contributed by atoms with van der Waals surface area (Å²) >= 11 is 0. The molecule has 1 aromatic carbocycles. The molecule has 0 fully saturated rings. The fourth-order valence-electron chi connectivity index (χ4n) is 3.37. The van der Waals surface area contributed by atoms with E-state index in [4.69, 9.17) is 24.7 Å². The summed E-state index contributed by atoms with van der Waals surface area (Å²) in [4.78, 5) is 65.5. The summed E-state index contributed by atoms with van der Waals surface area (Å²) in [5.74, 6) is -2.70. The van der Waals surface area contributed by atoms with Crippen molar-refractivity contribution in [2.45, 2.75) is 104 Å². The number of nitrogens with zero attached hydrogens (tertiary/aromatic N) is 1. The molecule has 0 spiro atoms. The second-order valence-corrected chi connectivity index (χ2v) is 18.7. The third-order valence-electron chi connectivity index (χ3n) is 5.34. The largest absolute Gasteiger partial charge is 0.464 e. The van der Waals surface area contributed by atoms with Gasteiger partial charge >= 0.3 is 24.1 Å². The Hall–Kier alpha value is -3.61. The van der Waals surface area contributed by atoms with E-state index in [1.165, 1.54) is 0 Å². The third-order valence-corrected chi connectivity index (χ3v) is 7.05. The lowest BCUT2D eigenvalue weighted by Crippen LogP contribution is -2.57. The monoisotopic (exact) mass is 609 g/mol. The van der Waals surface area contributed by atoms with E-state index in [2.05, 4.69) is 25.0 Å². The van der Waals surface area contributed by atoms with Crippen molar-refractivity contribution in [1.29, 1.82) is 0 Å². The molecule has 0 aliphatic carbocycles.